The van der Waals surface area contributed by atoms with Gasteiger partial charge in [0.25, 0.3) is 0 Å². The van der Waals surface area contributed by atoms with Gasteiger partial charge in [-0.15, -0.1) is 0 Å². The molecule has 1 aliphatic rings. The van der Waals surface area contributed by atoms with Gasteiger partial charge in [0, 0.05) is 21.8 Å². The van der Waals surface area contributed by atoms with Crippen molar-refractivity contribution >= 4 is 33.7 Å². The molecule has 3 aromatic rings. The highest BCUT2D eigenvalue weighted by Gasteiger charge is 2.27. The second-order valence-electron chi connectivity index (χ2n) is 8.58. The first-order valence-electron chi connectivity index (χ1n) is 11.3. The lowest BCUT2D eigenvalue weighted by molar-refractivity contribution is 0.0417. The van der Waals surface area contributed by atoms with Crippen LogP contribution < -0.4 is 5.73 Å². The van der Waals surface area contributed by atoms with Crippen LogP contribution >= 0.6 is 15.9 Å². The first kappa shape index (κ1) is 23.9. The van der Waals surface area contributed by atoms with Gasteiger partial charge in [0.05, 0.1) is 12.2 Å². The van der Waals surface area contributed by atoms with Gasteiger partial charge in [-0.25, -0.2) is 9.59 Å². The fourth-order valence-electron chi connectivity index (χ4n) is 4.31. The maximum atomic E-state index is 13.4. The number of esters is 1. The summed E-state index contributed by atoms with van der Waals surface area (Å²) in [6.45, 7) is 1.92. The van der Waals surface area contributed by atoms with Gasteiger partial charge in [-0.3, -0.25) is 9.36 Å². The third kappa shape index (κ3) is 5.14. The van der Waals surface area contributed by atoms with Gasteiger partial charge < -0.3 is 15.0 Å². The van der Waals surface area contributed by atoms with E-state index in [9.17, 15) is 14.4 Å². The molecule has 0 radical (unpaired) electrons. The Bertz CT molecular complexity index is 1200. The summed E-state index contributed by atoms with van der Waals surface area (Å²) >= 11 is 3.39. The number of benzene rings is 1. The molecule has 9 heteroatoms. The number of ether oxygens (including phenoxy) is 1. The normalized spacial score (nSPS) is 14.5. The summed E-state index contributed by atoms with van der Waals surface area (Å²) in [5.41, 5.74) is 6.84. The molecule has 2 aromatic heterocycles. The Hall–Kier alpha value is -3.20. The largest absolute Gasteiger partial charge is 0.461 e. The number of rotatable bonds is 6. The molecule has 0 saturated heterocycles. The SMILES string of the molecule is Cc1onc(-c2ccc(Br)cc2)c1C(=O)c1cc(C(=O)OCC2CCCCCC2)n(C(N)=O)c1. The Labute approximate surface area is 205 Å². The summed E-state index contributed by atoms with van der Waals surface area (Å²) in [4.78, 5) is 38.2. The predicted molar refractivity (Wildman–Crippen MR) is 129 cm³/mol. The number of hydrogen-bond acceptors (Lipinski definition) is 6. The first-order valence-corrected chi connectivity index (χ1v) is 12.1. The second kappa shape index (κ2) is 10.4. The van der Waals surface area contributed by atoms with E-state index in [1.165, 1.54) is 25.1 Å². The molecule has 1 aliphatic carbocycles. The van der Waals surface area contributed by atoms with Gasteiger partial charge in [-0.2, -0.15) is 0 Å². The van der Waals surface area contributed by atoms with Crippen molar-refractivity contribution < 1.29 is 23.6 Å². The Balaban J connectivity index is 1.60. The van der Waals surface area contributed by atoms with Gasteiger partial charge in [0.15, 0.2) is 5.78 Å². The van der Waals surface area contributed by atoms with Crippen molar-refractivity contribution in [3.05, 3.63) is 63.6 Å². The summed E-state index contributed by atoms with van der Waals surface area (Å²) in [7, 11) is 0. The minimum absolute atomic E-state index is 0.0798. The van der Waals surface area contributed by atoms with Crippen LogP contribution in [0.2, 0.25) is 0 Å². The van der Waals surface area contributed by atoms with Crippen LogP contribution in [0.3, 0.4) is 0 Å². The number of nitrogens with two attached hydrogens (primary N) is 1. The number of amides is 1. The lowest BCUT2D eigenvalue weighted by Gasteiger charge is -2.14. The molecule has 0 spiro atoms. The summed E-state index contributed by atoms with van der Waals surface area (Å²) < 4.78 is 12.6. The van der Waals surface area contributed by atoms with Crippen molar-refractivity contribution in [1.82, 2.24) is 9.72 Å². The summed E-state index contributed by atoms with van der Waals surface area (Å²) in [5.74, 6) is -0.489. The molecule has 0 unspecified atom stereocenters. The fraction of sp³-hybridized carbons (Fsp3) is 0.360. The quantitative estimate of drug-likeness (QED) is 0.257. The highest BCUT2D eigenvalue weighted by atomic mass is 79.9. The van der Waals surface area contributed by atoms with Crippen LogP contribution in [0.1, 0.15) is 70.7 Å². The van der Waals surface area contributed by atoms with Crippen LogP contribution in [0.4, 0.5) is 4.79 Å². The number of nitrogens with zero attached hydrogens (tertiary/aromatic N) is 2. The summed E-state index contributed by atoms with van der Waals surface area (Å²) in [6.07, 6.45) is 7.92. The Morgan fingerprint density at radius 3 is 2.47 bits per heavy atom. The van der Waals surface area contributed by atoms with E-state index in [1.54, 1.807) is 6.92 Å². The molecule has 178 valence electrons. The van der Waals surface area contributed by atoms with Crippen molar-refractivity contribution in [2.75, 3.05) is 6.61 Å². The van der Waals surface area contributed by atoms with Crippen LogP contribution in [0.25, 0.3) is 11.3 Å². The van der Waals surface area contributed by atoms with Crippen molar-refractivity contribution in [2.24, 2.45) is 11.7 Å². The molecule has 34 heavy (non-hydrogen) atoms. The van der Waals surface area contributed by atoms with Crippen LogP contribution in [-0.2, 0) is 4.74 Å². The molecule has 1 amide bonds. The highest BCUT2D eigenvalue weighted by molar-refractivity contribution is 9.10. The predicted octanol–water partition coefficient (Wildman–Crippen LogP) is 5.50. The zero-order chi connectivity index (χ0) is 24.2. The maximum Gasteiger partial charge on any atom is 0.355 e. The third-order valence-corrected chi connectivity index (χ3v) is 6.69. The topological polar surface area (TPSA) is 117 Å². The van der Waals surface area contributed by atoms with Crippen molar-refractivity contribution in [1.29, 1.82) is 0 Å². The lowest BCUT2D eigenvalue weighted by Crippen LogP contribution is -2.24. The van der Waals surface area contributed by atoms with Gasteiger partial charge >= 0.3 is 12.0 Å². The van der Waals surface area contributed by atoms with Gasteiger partial charge in [-0.1, -0.05) is 58.9 Å². The minimum atomic E-state index is -0.879. The number of aromatic nitrogens is 2. The highest BCUT2D eigenvalue weighted by Crippen LogP contribution is 2.29. The number of hydrogen-bond donors (Lipinski definition) is 1. The Kier molecular flexibility index (Phi) is 7.31. The number of primary amides is 1. The lowest BCUT2D eigenvalue weighted by atomic mass is 9.99. The molecule has 4 rings (SSSR count). The number of aryl methyl sites for hydroxylation is 1. The molecule has 2 N–H and O–H groups in total. The van der Waals surface area contributed by atoms with Crippen molar-refractivity contribution in [2.45, 2.75) is 45.4 Å². The van der Waals surface area contributed by atoms with E-state index in [0.717, 1.165) is 34.7 Å². The smallest absolute Gasteiger partial charge is 0.355 e. The molecule has 1 saturated carbocycles. The zero-order valence-electron chi connectivity index (χ0n) is 18.9. The third-order valence-electron chi connectivity index (χ3n) is 6.16. The average molecular weight is 528 g/mol. The molecule has 1 fully saturated rings. The monoisotopic (exact) mass is 527 g/mol. The molecular weight excluding hydrogens is 502 g/mol. The standard InChI is InChI=1S/C25H26BrN3O5/c1-15-21(22(28-34-15)17-8-10-19(26)11-9-17)23(30)18-12-20(29(13-18)25(27)32)24(31)33-14-16-6-4-2-3-5-7-16/h8-13,16H,2-7,14H2,1H3,(H2,27,32). The van der Waals surface area contributed by atoms with Crippen LogP contribution in [0.15, 0.2) is 45.5 Å². The van der Waals surface area contributed by atoms with E-state index >= 15 is 0 Å². The molecule has 0 aliphatic heterocycles. The molecule has 0 atom stereocenters. The van der Waals surface area contributed by atoms with E-state index in [0.29, 0.717) is 22.9 Å². The molecule has 2 heterocycles. The number of halogens is 1. The van der Waals surface area contributed by atoms with Crippen molar-refractivity contribution in [3.63, 3.8) is 0 Å². The van der Waals surface area contributed by atoms with Gasteiger partial charge in [0.1, 0.15) is 17.1 Å². The summed E-state index contributed by atoms with van der Waals surface area (Å²) in [5, 5.41) is 4.05. The van der Waals surface area contributed by atoms with Crippen LogP contribution in [0.5, 0.6) is 0 Å². The van der Waals surface area contributed by atoms with E-state index in [1.807, 2.05) is 24.3 Å². The Morgan fingerprint density at radius 2 is 1.82 bits per heavy atom. The number of ketones is 1. The van der Waals surface area contributed by atoms with E-state index < -0.39 is 17.8 Å². The minimum Gasteiger partial charge on any atom is -0.461 e. The molecule has 8 nitrogen and oxygen atoms in total. The maximum absolute atomic E-state index is 13.4. The van der Waals surface area contributed by atoms with Crippen LogP contribution in [0, 0.1) is 12.8 Å². The number of carbonyl (C=O) groups excluding carboxylic acids is 3. The average Bonchev–Trinajstić information content (AvgIpc) is 3.34. The van der Waals surface area contributed by atoms with Gasteiger partial charge in [0.2, 0.25) is 0 Å². The summed E-state index contributed by atoms with van der Waals surface area (Å²) in [6, 6.07) is 7.74. The first-order chi connectivity index (χ1) is 16.3. The van der Waals surface area contributed by atoms with Gasteiger partial charge in [-0.05, 0) is 43.9 Å². The molecular formula is C25H26BrN3O5. The van der Waals surface area contributed by atoms with E-state index in [4.69, 9.17) is 15.0 Å². The van der Waals surface area contributed by atoms with Crippen LogP contribution in [-0.4, -0.2) is 34.1 Å². The number of carbonyl (C=O) groups is 3. The molecule has 0 bridgehead atoms. The van der Waals surface area contributed by atoms with E-state index in [-0.39, 0.29) is 23.4 Å². The fourth-order valence-corrected chi connectivity index (χ4v) is 4.58. The Morgan fingerprint density at radius 1 is 1.15 bits per heavy atom. The second-order valence-corrected chi connectivity index (χ2v) is 9.49. The van der Waals surface area contributed by atoms with E-state index in [2.05, 4.69) is 21.1 Å². The zero-order valence-corrected chi connectivity index (χ0v) is 20.5. The van der Waals surface area contributed by atoms with Crippen molar-refractivity contribution in [3.8, 4) is 11.3 Å². The molecule has 1 aromatic carbocycles.